The van der Waals surface area contributed by atoms with Crippen molar-refractivity contribution in [3.05, 3.63) is 34.8 Å². The number of rotatable bonds is 5. The highest BCUT2D eigenvalue weighted by Gasteiger charge is 2.11. The van der Waals surface area contributed by atoms with Crippen LogP contribution in [0.2, 0.25) is 10.0 Å². The monoisotopic (exact) mass is 299 g/mol. The summed E-state index contributed by atoms with van der Waals surface area (Å²) in [7, 11) is 1.76. The highest BCUT2D eigenvalue weighted by molar-refractivity contribution is 6.37. The molecule has 0 saturated heterocycles. The summed E-state index contributed by atoms with van der Waals surface area (Å²) in [5, 5.41) is 7.19. The second-order valence-electron chi connectivity index (χ2n) is 4.20. The molecule has 0 amide bonds. The van der Waals surface area contributed by atoms with Crippen LogP contribution < -0.4 is 10.6 Å². The largest absolute Gasteiger partial charge is 0.372 e. The molecule has 19 heavy (non-hydrogen) atoms. The molecule has 2 rings (SSSR count). The van der Waals surface area contributed by atoms with E-state index in [2.05, 4.69) is 20.6 Å². The van der Waals surface area contributed by atoms with Gasteiger partial charge in [0, 0.05) is 32.0 Å². The van der Waals surface area contributed by atoms with Gasteiger partial charge in [0.2, 0.25) is 0 Å². The molecule has 0 aliphatic carbocycles. The molecule has 1 unspecified atom stereocenters. The first kappa shape index (κ1) is 14.0. The van der Waals surface area contributed by atoms with E-state index >= 15 is 0 Å². The van der Waals surface area contributed by atoms with Crippen LogP contribution in [0.3, 0.4) is 0 Å². The first-order valence-corrected chi connectivity index (χ1v) is 6.62. The van der Waals surface area contributed by atoms with Crippen molar-refractivity contribution >= 4 is 34.8 Å². The molecule has 0 bridgehead atoms. The van der Waals surface area contributed by atoms with Gasteiger partial charge in [-0.25, -0.2) is 9.97 Å². The Bertz CT molecular complexity index is 541. The van der Waals surface area contributed by atoms with E-state index in [0.717, 1.165) is 6.54 Å². The average molecular weight is 300 g/mol. The smallest absolute Gasteiger partial charge is 0.147 e. The summed E-state index contributed by atoms with van der Waals surface area (Å²) in [6.07, 6.45) is 5.43. The maximum Gasteiger partial charge on any atom is 0.147 e. The molecule has 0 aliphatic rings. The fraction of sp³-hybridized carbons (Fsp3) is 0.333. The van der Waals surface area contributed by atoms with Crippen molar-refractivity contribution in [1.29, 1.82) is 0 Å². The third-order valence-electron chi connectivity index (χ3n) is 2.59. The molecule has 0 radical (unpaired) electrons. The van der Waals surface area contributed by atoms with Gasteiger partial charge in [-0.3, -0.25) is 0 Å². The summed E-state index contributed by atoms with van der Waals surface area (Å²) in [6.45, 7) is 2.82. The Morgan fingerprint density at radius 2 is 2.05 bits per heavy atom. The normalized spacial score (nSPS) is 12.2. The van der Waals surface area contributed by atoms with Crippen LogP contribution in [0.15, 0.2) is 24.8 Å². The minimum atomic E-state index is 0.157. The van der Waals surface area contributed by atoms with Crippen molar-refractivity contribution in [3.63, 3.8) is 0 Å². The number of hydrogen-bond donors (Lipinski definition) is 2. The van der Waals surface area contributed by atoms with E-state index in [9.17, 15) is 0 Å². The summed E-state index contributed by atoms with van der Waals surface area (Å²) in [4.78, 5) is 8.35. The van der Waals surface area contributed by atoms with E-state index < -0.39 is 0 Å². The molecule has 7 heteroatoms. The zero-order valence-electron chi connectivity index (χ0n) is 10.7. The van der Waals surface area contributed by atoms with Gasteiger partial charge in [-0.05, 0) is 13.0 Å². The standard InChI is InChI=1S/C12H15Cl2N5/c1-8(6-19-4-3-16-7-19)17-12-10(14)5-9(13)11(15-2)18-12/h3-5,7-8H,6H2,1-2H3,(H2,15,17,18). The Balaban J connectivity index is 2.09. The van der Waals surface area contributed by atoms with Gasteiger partial charge in [-0.15, -0.1) is 0 Å². The molecule has 0 aromatic carbocycles. The molecule has 2 aromatic rings. The lowest BCUT2D eigenvalue weighted by Crippen LogP contribution is -2.22. The average Bonchev–Trinajstić information content (AvgIpc) is 2.85. The molecule has 2 heterocycles. The molecule has 1 atom stereocenters. The topological polar surface area (TPSA) is 54.8 Å². The van der Waals surface area contributed by atoms with Gasteiger partial charge in [0.1, 0.15) is 11.6 Å². The first-order chi connectivity index (χ1) is 9.10. The van der Waals surface area contributed by atoms with Gasteiger partial charge in [0.25, 0.3) is 0 Å². The zero-order valence-corrected chi connectivity index (χ0v) is 12.2. The van der Waals surface area contributed by atoms with Crippen molar-refractivity contribution in [2.45, 2.75) is 19.5 Å². The minimum Gasteiger partial charge on any atom is -0.372 e. The molecular weight excluding hydrogens is 285 g/mol. The Morgan fingerprint density at radius 1 is 1.32 bits per heavy atom. The lowest BCUT2D eigenvalue weighted by atomic mass is 10.3. The Morgan fingerprint density at radius 3 is 2.68 bits per heavy atom. The number of hydrogen-bond acceptors (Lipinski definition) is 4. The van der Waals surface area contributed by atoms with Gasteiger partial charge in [0.05, 0.1) is 16.4 Å². The van der Waals surface area contributed by atoms with Crippen LogP contribution in [-0.4, -0.2) is 27.6 Å². The van der Waals surface area contributed by atoms with Gasteiger partial charge in [-0.2, -0.15) is 0 Å². The van der Waals surface area contributed by atoms with Crippen molar-refractivity contribution in [2.24, 2.45) is 0 Å². The summed E-state index contributed by atoms with van der Waals surface area (Å²) in [6, 6.07) is 1.83. The van der Waals surface area contributed by atoms with Gasteiger partial charge < -0.3 is 15.2 Å². The summed E-state index contributed by atoms with van der Waals surface area (Å²) in [5.41, 5.74) is 0. The Labute approximate surface area is 122 Å². The molecule has 0 spiro atoms. The number of aromatic nitrogens is 3. The maximum atomic E-state index is 6.13. The fourth-order valence-electron chi connectivity index (χ4n) is 1.73. The van der Waals surface area contributed by atoms with Crippen molar-refractivity contribution in [3.8, 4) is 0 Å². The molecular formula is C12H15Cl2N5. The van der Waals surface area contributed by atoms with Gasteiger partial charge >= 0.3 is 0 Å². The van der Waals surface area contributed by atoms with E-state index in [-0.39, 0.29) is 6.04 Å². The lowest BCUT2D eigenvalue weighted by Gasteiger charge is -2.17. The predicted molar refractivity (Wildman–Crippen MR) is 79.1 cm³/mol. The lowest BCUT2D eigenvalue weighted by molar-refractivity contribution is 0.617. The van der Waals surface area contributed by atoms with E-state index in [1.165, 1.54) is 0 Å². The maximum absolute atomic E-state index is 6.13. The van der Waals surface area contributed by atoms with Crippen LogP contribution in [0.25, 0.3) is 0 Å². The molecule has 0 aliphatic heterocycles. The van der Waals surface area contributed by atoms with E-state index in [1.807, 2.05) is 17.7 Å². The molecule has 0 fully saturated rings. The van der Waals surface area contributed by atoms with Crippen LogP contribution >= 0.6 is 23.2 Å². The Hall–Kier alpha value is -1.46. The fourth-order valence-corrected chi connectivity index (χ4v) is 2.24. The second-order valence-corrected chi connectivity index (χ2v) is 5.02. The van der Waals surface area contributed by atoms with Crippen LogP contribution in [-0.2, 0) is 6.54 Å². The van der Waals surface area contributed by atoms with Crippen molar-refractivity contribution < 1.29 is 0 Å². The van der Waals surface area contributed by atoms with Crippen LogP contribution in [0, 0.1) is 0 Å². The number of halogens is 2. The Kier molecular flexibility index (Phi) is 4.50. The number of imidazole rings is 1. The van der Waals surface area contributed by atoms with Gasteiger partial charge in [0.15, 0.2) is 0 Å². The van der Waals surface area contributed by atoms with Crippen LogP contribution in [0.1, 0.15) is 6.92 Å². The van der Waals surface area contributed by atoms with Crippen molar-refractivity contribution in [1.82, 2.24) is 14.5 Å². The highest BCUT2D eigenvalue weighted by atomic mass is 35.5. The van der Waals surface area contributed by atoms with Crippen molar-refractivity contribution in [2.75, 3.05) is 17.7 Å². The van der Waals surface area contributed by atoms with E-state index in [4.69, 9.17) is 23.2 Å². The molecule has 2 N–H and O–H groups in total. The molecule has 2 aromatic heterocycles. The minimum absolute atomic E-state index is 0.157. The number of nitrogens with zero attached hydrogens (tertiary/aromatic N) is 3. The SMILES string of the molecule is CNc1nc(NC(C)Cn2ccnc2)c(Cl)cc1Cl. The molecule has 102 valence electrons. The van der Waals surface area contributed by atoms with E-state index in [1.54, 1.807) is 25.6 Å². The summed E-state index contributed by atoms with van der Waals surface area (Å²) >= 11 is 12.1. The first-order valence-electron chi connectivity index (χ1n) is 5.86. The quantitative estimate of drug-likeness (QED) is 0.891. The third kappa shape index (κ3) is 3.52. The predicted octanol–water partition coefficient (Wildman–Crippen LogP) is 3.13. The number of anilines is 2. The van der Waals surface area contributed by atoms with Crippen LogP contribution in [0.5, 0.6) is 0 Å². The number of nitrogens with one attached hydrogen (secondary N) is 2. The summed E-state index contributed by atoms with van der Waals surface area (Å²) < 4.78 is 1.99. The molecule has 5 nitrogen and oxygen atoms in total. The zero-order chi connectivity index (χ0) is 13.8. The number of pyridine rings is 1. The molecule has 0 saturated carbocycles. The highest BCUT2D eigenvalue weighted by Crippen LogP contribution is 2.29. The summed E-state index contributed by atoms with van der Waals surface area (Å²) in [5.74, 6) is 1.21. The third-order valence-corrected chi connectivity index (χ3v) is 3.17. The van der Waals surface area contributed by atoms with Gasteiger partial charge in [-0.1, -0.05) is 23.2 Å². The van der Waals surface area contributed by atoms with E-state index in [0.29, 0.717) is 21.7 Å². The second kappa shape index (κ2) is 6.12. The van der Waals surface area contributed by atoms with Crippen LogP contribution in [0.4, 0.5) is 11.6 Å².